The lowest BCUT2D eigenvalue weighted by Crippen LogP contribution is -2.51. The van der Waals surface area contributed by atoms with Gasteiger partial charge in [-0.05, 0) is 0 Å². The quantitative estimate of drug-likeness (QED) is 0.557. The van der Waals surface area contributed by atoms with Crippen molar-refractivity contribution in [3.8, 4) is 6.07 Å². The summed E-state index contributed by atoms with van der Waals surface area (Å²) < 4.78 is 0. The van der Waals surface area contributed by atoms with Gasteiger partial charge in [-0.2, -0.15) is 5.26 Å². The van der Waals surface area contributed by atoms with Gasteiger partial charge in [0.2, 0.25) is 5.82 Å². The highest BCUT2D eigenvalue weighted by Crippen LogP contribution is 2.29. The minimum atomic E-state index is -0.576. The van der Waals surface area contributed by atoms with Crippen LogP contribution in [0.25, 0.3) is 0 Å². The van der Waals surface area contributed by atoms with Crippen molar-refractivity contribution in [3.63, 3.8) is 0 Å². The Kier molecular flexibility index (Phi) is 2.42. The van der Waals surface area contributed by atoms with Crippen LogP contribution in [0.2, 0.25) is 0 Å². The lowest BCUT2D eigenvalue weighted by Gasteiger charge is -2.36. The van der Waals surface area contributed by atoms with Gasteiger partial charge in [0.25, 0.3) is 0 Å². The highest BCUT2D eigenvalue weighted by molar-refractivity contribution is 5.61. The van der Waals surface area contributed by atoms with Crippen molar-refractivity contribution in [1.82, 2.24) is 4.98 Å². The van der Waals surface area contributed by atoms with Crippen LogP contribution in [0.15, 0.2) is 12.3 Å². The normalized spacial score (nSPS) is 15.4. The standard InChI is InChI=1S/C9H8N4O3/c10-2-6-1-8(13(15)16)9(11-3-6)12-4-7(14)5-12/h1,3,7,14H,4-5H2. The van der Waals surface area contributed by atoms with Gasteiger partial charge in [-0.1, -0.05) is 0 Å². The zero-order chi connectivity index (χ0) is 11.7. The molecule has 2 rings (SSSR count). The molecule has 0 spiro atoms. The van der Waals surface area contributed by atoms with Gasteiger partial charge in [-0.3, -0.25) is 10.1 Å². The van der Waals surface area contributed by atoms with Crippen LogP contribution in [-0.2, 0) is 0 Å². The second kappa shape index (κ2) is 3.75. The molecule has 0 aromatic carbocycles. The van der Waals surface area contributed by atoms with Gasteiger partial charge in [0, 0.05) is 25.4 Å². The number of nitriles is 1. The monoisotopic (exact) mass is 220 g/mol. The second-order valence-electron chi connectivity index (χ2n) is 3.49. The van der Waals surface area contributed by atoms with Gasteiger partial charge in [-0.15, -0.1) is 0 Å². The summed E-state index contributed by atoms with van der Waals surface area (Å²) in [4.78, 5) is 15.7. The minimum absolute atomic E-state index is 0.150. The van der Waals surface area contributed by atoms with E-state index in [2.05, 4.69) is 4.98 Å². The first-order valence-electron chi connectivity index (χ1n) is 4.59. The molecule has 1 aliphatic rings. The zero-order valence-corrected chi connectivity index (χ0v) is 8.20. The van der Waals surface area contributed by atoms with E-state index in [4.69, 9.17) is 10.4 Å². The number of hydrogen-bond donors (Lipinski definition) is 1. The van der Waals surface area contributed by atoms with Gasteiger partial charge in [-0.25, -0.2) is 4.98 Å². The van der Waals surface area contributed by atoms with E-state index in [-0.39, 0.29) is 17.1 Å². The number of nitrogens with zero attached hydrogens (tertiary/aromatic N) is 4. The predicted octanol–water partition coefficient (Wildman–Crippen LogP) is 0.0424. The average Bonchev–Trinajstić information content (AvgIpc) is 2.24. The van der Waals surface area contributed by atoms with Gasteiger partial charge >= 0.3 is 5.69 Å². The molecule has 0 amide bonds. The third kappa shape index (κ3) is 1.66. The van der Waals surface area contributed by atoms with Crippen molar-refractivity contribution in [2.75, 3.05) is 18.0 Å². The fourth-order valence-corrected chi connectivity index (χ4v) is 1.51. The Balaban J connectivity index is 2.38. The van der Waals surface area contributed by atoms with Crippen LogP contribution in [0.1, 0.15) is 5.56 Å². The van der Waals surface area contributed by atoms with Crippen LogP contribution in [0, 0.1) is 21.4 Å². The van der Waals surface area contributed by atoms with E-state index >= 15 is 0 Å². The third-order valence-corrected chi connectivity index (χ3v) is 2.33. The maximum Gasteiger partial charge on any atom is 0.312 e. The molecule has 16 heavy (non-hydrogen) atoms. The van der Waals surface area contributed by atoms with Gasteiger partial charge in [0.1, 0.15) is 6.07 Å². The molecule has 82 valence electrons. The molecule has 0 radical (unpaired) electrons. The maximum absolute atomic E-state index is 10.8. The number of nitro groups is 1. The molecule has 1 fully saturated rings. The van der Waals surface area contributed by atoms with Gasteiger partial charge in [0.15, 0.2) is 0 Å². The number of rotatable bonds is 2. The fraction of sp³-hybridized carbons (Fsp3) is 0.333. The van der Waals surface area contributed by atoms with E-state index in [9.17, 15) is 10.1 Å². The topological polar surface area (TPSA) is 103 Å². The average molecular weight is 220 g/mol. The molecule has 1 aromatic heterocycles. The van der Waals surface area contributed by atoms with E-state index in [0.717, 1.165) is 0 Å². The zero-order valence-electron chi connectivity index (χ0n) is 8.20. The van der Waals surface area contributed by atoms with Crippen molar-refractivity contribution < 1.29 is 10.0 Å². The summed E-state index contributed by atoms with van der Waals surface area (Å²) in [5.41, 5.74) is -0.0533. The highest BCUT2D eigenvalue weighted by Gasteiger charge is 2.31. The summed E-state index contributed by atoms with van der Waals surface area (Å²) in [6.45, 7) is 0.666. The van der Waals surface area contributed by atoms with Crippen LogP contribution in [0.3, 0.4) is 0 Å². The Hall–Kier alpha value is -2.20. The number of aliphatic hydroxyl groups excluding tert-OH is 1. The Labute approximate surface area is 90.7 Å². The number of hydrogen-bond acceptors (Lipinski definition) is 6. The molecular formula is C9H8N4O3. The summed E-state index contributed by atoms with van der Waals surface area (Å²) in [6, 6.07) is 2.99. The first-order valence-corrected chi connectivity index (χ1v) is 4.59. The Morgan fingerprint density at radius 2 is 2.38 bits per heavy atom. The van der Waals surface area contributed by atoms with Crippen LogP contribution >= 0.6 is 0 Å². The van der Waals surface area contributed by atoms with E-state index in [1.54, 1.807) is 11.0 Å². The lowest BCUT2D eigenvalue weighted by atomic mass is 10.1. The number of β-amino-alcohol motifs (C(OH)–C–C–N with tert-alkyl or cyclic N) is 1. The van der Waals surface area contributed by atoms with E-state index in [1.165, 1.54) is 12.3 Å². The molecule has 2 heterocycles. The summed E-state index contributed by atoms with van der Waals surface area (Å²) in [5, 5.41) is 28.5. The molecule has 0 aliphatic carbocycles. The smallest absolute Gasteiger partial charge is 0.312 e. The fourth-order valence-electron chi connectivity index (χ4n) is 1.51. The molecule has 1 aromatic rings. The summed E-state index contributed by atoms with van der Waals surface area (Å²) in [6.07, 6.45) is 0.824. The first-order chi connectivity index (χ1) is 7.61. The highest BCUT2D eigenvalue weighted by atomic mass is 16.6. The summed E-state index contributed by atoms with van der Waals surface area (Å²) in [7, 11) is 0. The third-order valence-electron chi connectivity index (χ3n) is 2.33. The van der Waals surface area contributed by atoms with Crippen LogP contribution in [0.5, 0.6) is 0 Å². The minimum Gasteiger partial charge on any atom is -0.389 e. The molecule has 1 N–H and O–H groups in total. The first kappa shape index (κ1) is 10.3. The molecule has 1 aliphatic heterocycles. The van der Waals surface area contributed by atoms with Crippen molar-refractivity contribution in [3.05, 3.63) is 27.9 Å². The molecule has 0 unspecified atom stereocenters. The molecule has 1 saturated heterocycles. The summed E-state index contributed by atoms with van der Waals surface area (Å²) >= 11 is 0. The molecule has 0 atom stereocenters. The van der Waals surface area contributed by atoms with Crippen molar-refractivity contribution in [2.45, 2.75) is 6.10 Å². The number of pyridine rings is 1. The Morgan fingerprint density at radius 3 is 2.88 bits per heavy atom. The van der Waals surface area contributed by atoms with E-state index in [1.807, 2.05) is 0 Å². The Morgan fingerprint density at radius 1 is 1.69 bits per heavy atom. The second-order valence-corrected chi connectivity index (χ2v) is 3.49. The number of aromatic nitrogens is 1. The largest absolute Gasteiger partial charge is 0.389 e. The molecule has 7 nitrogen and oxygen atoms in total. The van der Waals surface area contributed by atoms with E-state index in [0.29, 0.717) is 13.1 Å². The molecule has 7 heteroatoms. The number of anilines is 1. The van der Waals surface area contributed by atoms with E-state index < -0.39 is 11.0 Å². The van der Waals surface area contributed by atoms with Crippen LogP contribution in [0.4, 0.5) is 11.5 Å². The van der Waals surface area contributed by atoms with Crippen molar-refractivity contribution >= 4 is 11.5 Å². The number of aliphatic hydroxyl groups is 1. The van der Waals surface area contributed by atoms with Crippen molar-refractivity contribution in [2.24, 2.45) is 0 Å². The maximum atomic E-state index is 10.8. The van der Waals surface area contributed by atoms with Crippen LogP contribution < -0.4 is 4.90 Å². The van der Waals surface area contributed by atoms with Crippen LogP contribution in [-0.4, -0.2) is 34.2 Å². The van der Waals surface area contributed by atoms with Gasteiger partial charge in [0.05, 0.1) is 16.6 Å². The Bertz CT molecular complexity index is 476. The SMILES string of the molecule is N#Cc1cnc(N2CC(O)C2)c([N+](=O)[O-])c1. The predicted molar refractivity (Wildman–Crippen MR) is 53.8 cm³/mol. The summed E-state index contributed by atoms with van der Waals surface area (Å²) in [5.74, 6) is 0.203. The molecular weight excluding hydrogens is 212 g/mol. The molecule has 0 saturated carbocycles. The lowest BCUT2D eigenvalue weighted by molar-refractivity contribution is -0.384. The molecule has 0 bridgehead atoms. The van der Waals surface area contributed by atoms with Crippen molar-refractivity contribution in [1.29, 1.82) is 5.26 Å². The van der Waals surface area contributed by atoms with Gasteiger partial charge < -0.3 is 10.0 Å².